The van der Waals surface area contributed by atoms with Crippen LogP contribution in [0.25, 0.3) is 10.9 Å². The van der Waals surface area contributed by atoms with Crippen LogP contribution in [0.3, 0.4) is 0 Å². The number of nitrogens with one attached hydrogen (secondary N) is 1. The molecule has 0 saturated carbocycles. The van der Waals surface area contributed by atoms with Crippen molar-refractivity contribution in [1.29, 1.82) is 0 Å². The van der Waals surface area contributed by atoms with Crippen LogP contribution in [0.2, 0.25) is 0 Å². The summed E-state index contributed by atoms with van der Waals surface area (Å²) in [6.45, 7) is 3.80. The lowest BCUT2D eigenvalue weighted by atomic mass is 9.99. The van der Waals surface area contributed by atoms with E-state index < -0.39 is 10.6 Å². The molecule has 0 aliphatic carbocycles. The van der Waals surface area contributed by atoms with Gasteiger partial charge in [-0.2, -0.15) is 0 Å². The number of ketones is 1. The van der Waals surface area contributed by atoms with Gasteiger partial charge in [0.05, 0.1) is 16.0 Å². The van der Waals surface area contributed by atoms with Crippen LogP contribution in [-0.2, 0) is 0 Å². The molecule has 1 aromatic heterocycles. The lowest BCUT2D eigenvalue weighted by Crippen LogP contribution is -2.22. The molecule has 0 radical (unpaired) electrons. The second-order valence-electron chi connectivity index (χ2n) is 6.45. The van der Waals surface area contributed by atoms with Crippen molar-refractivity contribution in [3.8, 4) is 5.75 Å². The summed E-state index contributed by atoms with van der Waals surface area (Å²) in [6.07, 6.45) is 1.61. The predicted molar refractivity (Wildman–Crippen MR) is 97.4 cm³/mol. The second-order valence-corrected chi connectivity index (χ2v) is 8.12. The minimum Gasteiger partial charge on any atom is -0.508 e. The molecular formula is C19H15FN2O2S. The molecule has 2 aromatic carbocycles. The molecule has 3 aromatic rings. The lowest BCUT2D eigenvalue weighted by Gasteiger charge is -2.12. The van der Waals surface area contributed by atoms with Crippen LogP contribution >= 0.6 is 11.8 Å². The van der Waals surface area contributed by atoms with Gasteiger partial charge in [0, 0.05) is 33.8 Å². The molecule has 0 bridgehead atoms. The normalized spacial score (nSPS) is 15.4. The second kappa shape index (κ2) is 5.46. The number of Topliss-reactive ketones (excluding diaryl/α,β-unsaturated/α-hetero) is 1. The van der Waals surface area contributed by atoms with Crippen LogP contribution in [0.4, 0.5) is 15.8 Å². The molecule has 1 aliphatic heterocycles. The lowest BCUT2D eigenvalue weighted by molar-refractivity contribution is 0.0961. The van der Waals surface area contributed by atoms with Gasteiger partial charge in [-0.1, -0.05) is 0 Å². The number of thioether (sulfide) groups is 1. The maximum atomic E-state index is 14.0. The molecule has 0 spiro atoms. The quantitative estimate of drug-likeness (QED) is 0.686. The highest BCUT2D eigenvalue weighted by molar-refractivity contribution is 8.02. The zero-order chi connectivity index (χ0) is 17.8. The number of aromatic hydroxyl groups is 1. The van der Waals surface area contributed by atoms with Crippen molar-refractivity contribution in [3.63, 3.8) is 0 Å². The molecule has 0 unspecified atom stereocenters. The number of anilines is 2. The minimum absolute atomic E-state index is 0.0222. The Kier molecular flexibility index (Phi) is 3.47. The first-order valence-electron chi connectivity index (χ1n) is 7.77. The molecule has 1 aliphatic rings. The Morgan fingerprint density at radius 1 is 1.16 bits per heavy atom. The zero-order valence-electron chi connectivity index (χ0n) is 13.6. The number of hydrogen-bond acceptors (Lipinski definition) is 5. The molecule has 25 heavy (non-hydrogen) atoms. The number of phenols is 1. The van der Waals surface area contributed by atoms with Crippen LogP contribution in [0.5, 0.6) is 5.75 Å². The molecule has 0 fully saturated rings. The number of halogens is 1. The van der Waals surface area contributed by atoms with Gasteiger partial charge in [0.1, 0.15) is 11.6 Å². The first-order chi connectivity index (χ1) is 11.8. The Morgan fingerprint density at radius 3 is 2.76 bits per heavy atom. The molecule has 6 heteroatoms. The fourth-order valence-corrected chi connectivity index (χ4v) is 4.13. The summed E-state index contributed by atoms with van der Waals surface area (Å²) in [4.78, 5) is 17.7. The number of nitrogens with zero attached hydrogens (tertiary/aromatic N) is 1. The monoisotopic (exact) mass is 354 g/mol. The fraction of sp³-hybridized carbons (Fsp3) is 0.158. The summed E-state index contributed by atoms with van der Waals surface area (Å²) >= 11 is 1.52. The Hall–Kier alpha value is -2.60. The maximum absolute atomic E-state index is 14.0. The van der Waals surface area contributed by atoms with E-state index in [4.69, 9.17) is 0 Å². The van der Waals surface area contributed by atoms with E-state index in [1.165, 1.54) is 30.0 Å². The van der Waals surface area contributed by atoms with Crippen molar-refractivity contribution in [2.75, 3.05) is 5.32 Å². The minimum atomic E-state index is -0.495. The summed E-state index contributed by atoms with van der Waals surface area (Å²) in [7, 11) is 0. The Balaban J connectivity index is 1.84. The summed E-state index contributed by atoms with van der Waals surface area (Å²) in [5.41, 5.74) is 2.18. The highest BCUT2D eigenvalue weighted by Crippen LogP contribution is 2.46. The molecule has 0 saturated heterocycles. The molecule has 4 nitrogen and oxygen atoms in total. The third-order valence-electron chi connectivity index (χ3n) is 4.22. The van der Waals surface area contributed by atoms with E-state index in [0.29, 0.717) is 16.8 Å². The number of carbonyl (C=O) groups excluding carboxylic acids is 1. The number of rotatable bonds is 2. The molecule has 126 valence electrons. The molecule has 0 atom stereocenters. The number of fused-ring (bicyclic) bond motifs is 2. The first-order valence-corrected chi connectivity index (χ1v) is 8.59. The molecular weight excluding hydrogens is 339 g/mol. The van der Waals surface area contributed by atoms with Crippen molar-refractivity contribution in [2.24, 2.45) is 0 Å². The third-order valence-corrected chi connectivity index (χ3v) is 5.47. The van der Waals surface area contributed by atoms with Crippen molar-refractivity contribution in [2.45, 2.75) is 23.5 Å². The number of hydrogen-bond donors (Lipinski definition) is 2. The summed E-state index contributed by atoms with van der Waals surface area (Å²) in [6, 6.07) is 9.27. The fourth-order valence-electron chi connectivity index (χ4n) is 2.94. The van der Waals surface area contributed by atoms with Gasteiger partial charge >= 0.3 is 0 Å². The van der Waals surface area contributed by atoms with E-state index in [1.807, 2.05) is 19.9 Å². The van der Waals surface area contributed by atoms with Gasteiger partial charge < -0.3 is 10.4 Å². The third kappa shape index (κ3) is 2.62. The SMILES string of the molecule is CC1(C)Sc2cc3c(Nc4cc(O)ccc4F)ccnc3cc2C1=O. The Labute approximate surface area is 148 Å². The van der Waals surface area contributed by atoms with Crippen LogP contribution in [-0.4, -0.2) is 20.6 Å². The van der Waals surface area contributed by atoms with E-state index in [2.05, 4.69) is 10.3 Å². The van der Waals surface area contributed by atoms with Crippen LogP contribution in [0, 0.1) is 5.82 Å². The molecule has 2 N–H and O–H groups in total. The van der Waals surface area contributed by atoms with Gasteiger partial charge in [-0.15, -0.1) is 11.8 Å². The van der Waals surface area contributed by atoms with Crippen molar-refractivity contribution in [3.05, 3.63) is 54.0 Å². The van der Waals surface area contributed by atoms with E-state index in [1.54, 1.807) is 18.3 Å². The topological polar surface area (TPSA) is 62.2 Å². The average molecular weight is 354 g/mol. The smallest absolute Gasteiger partial charge is 0.179 e. The van der Waals surface area contributed by atoms with Crippen LogP contribution in [0.15, 0.2) is 47.5 Å². The summed E-state index contributed by atoms with van der Waals surface area (Å²) < 4.78 is 13.5. The average Bonchev–Trinajstić information content (AvgIpc) is 2.79. The van der Waals surface area contributed by atoms with Gasteiger partial charge in [-0.25, -0.2) is 4.39 Å². The standard InChI is InChI=1S/C19H15FN2O2S/c1-19(2)18(24)12-8-15-11(9-17(12)25-19)14(5-6-21-15)22-16-7-10(23)3-4-13(16)20/h3-9,23H,1-2H3,(H,21,22). The zero-order valence-corrected chi connectivity index (χ0v) is 14.4. The largest absolute Gasteiger partial charge is 0.508 e. The van der Waals surface area contributed by atoms with Crippen molar-refractivity contribution < 1.29 is 14.3 Å². The summed E-state index contributed by atoms with van der Waals surface area (Å²) in [5.74, 6) is -0.394. The van der Waals surface area contributed by atoms with Crippen molar-refractivity contribution in [1.82, 2.24) is 4.98 Å². The number of carbonyl (C=O) groups is 1. The van der Waals surface area contributed by atoms with E-state index in [9.17, 15) is 14.3 Å². The summed E-state index contributed by atoms with van der Waals surface area (Å²) in [5, 5.41) is 13.4. The van der Waals surface area contributed by atoms with Gasteiger partial charge in [0.25, 0.3) is 0 Å². The predicted octanol–water partition coefficient (Wildman–Crippen LogP) is 4.89. The van der Waals surface area contributed by atoms with Gasteiger partial charge in [0.2, 0.25) is 0 Å². The van der Waals surface area contributed by atoms with E-state index in [0.717, 1.165) is 10.3 Å². The first kappa shape index (κ1) is 15.9. The highest BCUT2D eigenvalue weighted by atomic mass is 32.2. The number of benzene rings is 2. The van der Waals surface area contributed by atoms with Gasteiger partial charge in [0.15, 0.2) is 5.78 Å². The molecule has 4 rings (SSSR count). The maximum Gasteiger partial charge on any atom is 0.179 e. The van der Waals surface area contributed by atoms with E-state index in [-0.39, 0.29) is 17.2 Å². The molecule has 0 amide bonds. The van der Waals surface area contributed by atoms with Crippen LogP contribution in [0.1, 0.15) is 24.2 Å². The number of pyridine rings is 1. The van der Waals surface area contributed by atoms with Gasteiger partial charge in [-0.05, 0) is 44.2 Å². The Morgan fingerprint density at radius 2 is 1.96 bits per heavy atom. The number of aromatic nitrogens is 1. The van der Waals surface area contributed by atoms with Gasteiger partial charge in [-0.3, -0.25) is 9.78 Å². The number of phenolic OH excluding ortho intramolecular Hbond substituents is 1. The van der Waals surface area contributed by atoms with E-state index >= 15 is 0 Å². The Bertz CT molecular complexity index is 1030. The highest BCUT2D eigenvalue weighted by Gasteiger charge is 2.38. The van der Waals surface area contributed by atoms with Crippen molar-refractivity contribution >= 4 is 39.8 Å². The van der Waals surface area contributed by atoms with Crippen LogP contribution < -0.4 is 5.32 Å². The molecule has 2 heterocycles.